The van der Waals surface area contributed by atoms with E-state index in [0.29, 0.717) is 6.10 Å². The third kappa shape index (κ3) is 4.53. The first kappa shape index (κ1) is 11.6. The Morgan fingerprint density at radius 3 is 2.62 bits per heavy atom. The van der Waals surface area contributed by atoms with Crippen molar-refractivity contribution in [1.82, 2.24) is 0 Å². The van der Waals surface area contributed by atoms with E-state index in [4.69, 9.17) is 27.9 Å². The standard InChI is InChI=1S/C10H18Cl2O/c11-7-3-4-8-13-10-6-2-1-5-9(10)12/h9-10H,1-8H2. The lowest BCUT2D eigenvalue weighted by Gasteiger charge is -2.27. The second kappa shape index (κ2) is 6.92. The van der Waals surface area contributed by atoms with Gasteiger partial charge in [-0.3, -0.25) is 0 Å². The lowest BCUT2D eigenvalue weighted by molar-refractivity contribution is 0.0299. The van der Waals surface area contributed by atoms with Crippen molar-refractivity contribution in [2.45, 2.75) is 50.0 Å². The van der Waals surface area contributed by atoms with E-state index in [9.17, 15) is 0 Å². The molecule has 0 radical (unpaired) electrons. The summed E-state index contributed by atoms with van der Waals surface area (Å²) in [4.78, 5) is 0. The molecular weight excluding hydrogens is 207 g/mol. The SMILES string of the molecule is ClCCCCOC1CCCCC1Cl. The van der Waals surface area contributed by atoms with Gasteiger partial charge in [-0.2, -0.15) is 0 Å². The molecule has 78 valence electrons. The second-order valence-electron chi connectivity index (χ2n) is 3.61. The third-order valence-electron chi connectivity index (χ3n) is 2.48. The van der Waals surface area contributed by atoms with Gasteiger partial charge in [0.25, 0.3) is 0 Å². The van der Waals surface area contributed by atoms with Gasteiger partial charge in [0.2, 0.25) is 0 Å². The molecule has 0 N–H and O–H groups in total. The Morgan fingerprint density at radius 2 is 1.92 bits per heavy atom. The first-order chi connectivity index (χ1) is 6.34. The van der Waals surface area contributed by atoms with Crippen LogP contribution in [0.5, 0.6) is 0 Å². The Labute approximate surface area is 90.7 Å². The van der Waals surface area contributed by atoms with Crippen LogP contribution in [0.1, 0.15) is 38.5 Å². The van der Waals surface area contributed by atoms with Gasteiger partial charge in [-0.25, -0.2) is 0 Å². The summed E-state index contributed by atoms with van der Waals surface area (Å²) in [5.74, 6) is 0.734. The average Bonchev–Trinajstić information content (AvgIpc) is 2.15. The molecule has 0 aromatic rings. The van der Waals surface area contributed by atoms with Gasteiger partial charge in [0.1, 0.15) is 0 Å². The number of hydrogen-bond donors (Lipinski definition) is 0. The fourth-order valence-electron chi connectivity index (χ4n) is 1.67. The maximum absolute atomic E-state index is 6.14. The predicted octanol–water partition coefficient (Wildman–Crippen LogP) is 3.57. The van der Waals surface area contributed by atoms with Crippen molar-refractivity contribution >= 4 is 23.2 Å². The minimum Gasteiger partial charge on any atom is -0.377 e. The van der Waals surface area contributed by atoms with Crippen LogP contribution in [-0.2, 0) is 4.74 Å². The first-order valence-electron chi connectivity index (χ1n) is 5.16. The Bertz CT molecular complexity index is 130. The summed E-state index contributed by atoms with van der Waals surface area (Å²) in [6.45, 7) is 0.820. The van der Waals surface area contributed by atoms with Crippen LogP contribution in [0.3, 0.4) is 0 Å². The highest BCUT2D eigenvalue weighted by Crippen LogP contribution is 2.25. The first-order valence-corrected chi connectivity index (χ1v) is 6.13. The molecule has 0 amide bonds. The summed E-state index contributed by atoms with van der Waals surface area (Å²) in [6, 6.07) is 0. The summed E-state index contributed by atoms with van der Waals surface area (Å²) in [5, 5.41) is 0.241. The van der Waals surface area contributed by atoms with Crippen molar-refractivity contribution in [3.63, 3.8) is 0 Å². The molecule has 1 nitrogen and oxygen atoms in total. The molecule has 3 heteroatoms. The smallest absolute Gasteiger partial charge is 0.0738 e. The molecule has 13 heavy (non-hydrogen) atoms. The molecule has 1 rings (SSSR count). The summed E-state index contributed by atoms with van der Waals surface area (Å²) in [7, 11) is 0. The van der Waals surface area contributed by atoms with Crippen molar-refractivity contribution in [2.24, 2.45) is 0 Å². The highest BCUT2D eigenvalue weighted by atomic mass is 35.5. The number of alkyl halides is 2. The number of halogens is 2. The topological polar surface area (TPSA) is 9.23 Å². The van der Waals surface area contributed by atoms with Crippen molar-refractivity contribution < 1.29 is 4.74 Å². The summed E-state index contributed by atoms with van der Waals surface area (Å²) in [6.07, 6.45) is 7.17. The van der Waals surface area contributed by atoms with E-state index in [1.54, 1.807) is 0 Å². The molecule has 0 bridgehead atoms. The highest BCUT2D eigenvalue weighted by Gasteiger charge is 2.23. The molecule has 0 aliphatic heterocycles. The zero-order valence-electron chi connectivity index (χ0n) is 7.98. The maximum Gasteiger partial charge on any atom is 0.0738 e. The average molecular weight is 225 g/mol. The largest absolute Gasteiger partial charge is 0.377 e. The monoisotopic (exact) mass is 224 g/mol. The normalized spacial score (nSPS) is 29.1. The number of rotatable bonds is 5. The lowest BCUT2D eigenvalue weighted by Crippen LogP contribution is -2.28. The zero-order chi connectivity index (χ0) is 9.52. The lowest BCUT2D eigenvalue weighted by atomic mass is 9.97. The van der Waals surface area contributed by atoms with E-state index in [-0.39, 0.29) is 5.38 Å². The molecule has 1 saturated carbocycles. The zero-order valence-corrected chi connectivity index (χ0v) is 9.49. The maximum atomic E-state index is 6.14. The Hall–Kier alpha value is 0.540. The van der Waals surface area contributed by atoms with Crippen molar-refractivity contribution in [2.75, 3.05) is 12.5 Å². The molecular formula is C10H18Cl2O. The molecule has 1 fully saturated rings. The van der Waals surface area contributed by atoms with Gasteiger partial charge in [0.15, 0.2) is 0 Å². The van der Waals surface area contributed by atoms with Crippen LogP contribution in [0.15, 0.2) is 0 Å². The van der Waals surface area contributed by atoms with E-state index in [2.05, 4.69) is 0 Å². The van der Waals surface area contributed by atoms with Gasteiger partial charge < -0.3 is 4.74 Å². The van der Waals surface area contributed by atoms with Crippen LogP contribution in [0.4, 0.5) is 0 Å². The molecule has 1 aliphatic carbocycles. The van der Waals surface area contributed by atoms with E-state index < -0.39 is 0 Å². The van der Waals surface area contributed by atoms with Crippen LogP contribution >= 0.6 is 23.2 Å². The Morgan fingerprint density at radius 1 is 1.15 bits per heavy atom. The highest BCUT2D eigenvalue weighted by molar-refractivity contribution is 6.21. The minimum absolute atomic E-state index is 0.241. The molecule has 0 heterocycles. The van der Waals surface area contributed by atoms with Gasteiger partial charge in [0, 0.05) is 12.5 Å². The van der Waals surface area contributed by atoms with E-state index in [1.165, 1.54) is 12.8 Å². The van der Waals surface area contributed by atoms with Crippen LogP contribution < -0.4 is 0 Å². The predicted molar refractivity (Wildman–Crippen MR) is 57.8 cm³/mol. The molecule has 0 aromatic carbocycles. The molecule has 0 saturated heterocycles. The number of unbranched alkanes of at least 4 members (excludes halogenated alkanes) is 1. The van der Waals surface area contributed by atoms with Gasteiger partial charge in [-0.05, 0) is 25.7 Å². The molecule has 1 aliphatic rings. The quantitative estimate of drug-likeness (QED) is 0.513. The van der Waals surface area contributed by atoms with Crippen LogP contribution in [-0.4, -0.2) is 24.0 Å². The van der Waals surface area contributed by atoms with Gasteiger partial charge >= 0.3 is 0 Å². The second-order valence-corrected chi connectivity index (χ2v) is 4.54. The van der Waals surface area contributed by atoms with Crippen molar-refractivity contribution in [3.8, 4) is 0 Å². The molecule has 0 spiro atoms. The molecule has 0 aromatic heterocycles. The van der Waals surface area contributed by atoms with E-state index in [1.807, 2.05) is 0 Å². The van der Waals surface area contributed by atoms with E-state index in [0.717, 1.165) is 38.2 Å². The molecule has 2 unspecified atom stereocenters. The minimum atomic E-state index is 0.241. The fourth-order valence-corrected chi connectivity index (χ4v) is 2.21. The Balaban J connectivity index is 2.05. The summed E-state index contributed by atoms with van der Waals surface area (Å²) >= 11 is 11.7. The van der Waals surface area contributed by atoms with Crippen LogP contribution in [0, 0.1) is 0 Å². The Kier molecular flexibility index (Phi) is 6.18. The van der Waals surface area contributed by atoms with Crippen molar-refractivity contribution in [1.29, 1.82) is 0 Å². The van der Waals surface area contributed by atoms with Crippen LogP contribution in [0.25, 0.3) is 0 Å². The number of hydrogen-bond acceptors (Lipinski definition) is 1. The van der Waals surface area contributed by atoms with Gasteiger partial charge in [-0.1, -0.05) is 12.8 Å². The molecule has 2 atom stereocenters. The fraction of sp³-hybridized carbons (Fsp3) is 1.00. The number of ether oxygens (including phenoxy) is 1. The van der Waals surface area contributed by atoms with Crippen molar-refractivity contribution in [3.05, 3.63) is 0 Å². The van der Waals surface area contributed by atoms with E-state index >= 15 is 0 Å². The van der Waals surface area contributed by atoms with Gasteiger partial charge in [-0.15, -0.1) is 23.2 Å². The summed E-state index contributed by atoms with van der Waals surface area (Å²) in [5.41, 5.74) is 0. The third-order valence-corrected chi connectivity index (χ3v) is 3.25. The van der Waals surface area contributed by atoms with Gasteiger partial charge in [0.05, 0.1) is 11.5 Å². The van der Waals surface area contributed by atoms with Crippen LogP contribution in [0.2, 0.25) is 0 Å². The summed E-state index contributed by atoms with van der Waals surface area (Å²) < 4.78 is 5.71.